The monoisotopic (exact) mass is 240 g/mol. The molecule has 0 saturated heterocycles. The molecule has 0 aromatic heterocycles. The molecule has 94 valence electrons. The molecule has 0 bridgehead atoms. The van der Waals surface area contributed by atoms with Crippen LogP contribution in [0.5, 0.6) is 0 Å². The molecule has 18 heavy (non-hydrogen) atoms. The summed E-state index contributed by atoms with van der Waals surface area (Å²) in [6.07, 6.45) is 4.96. The highest BCUT2D eigenvalue weighted by molar-refractivity contribution is 5.95. The summed E-state index contributed by atoms with van der Waals surface area (Å²) in [5, 5.41) is 0. The highest BCUT2D eigenvalue weighted by Crippen LogP contribution is 2.52. The largest absolute Gasteiger partial charge is 0.298 e. The predicted octanol–water partition coefficient (Wildman–Crippen LogP) is 3.82. The van der Waals surface area contributed by atoms with Gasteiger partial charge in [0.05, 0.1) is 5.41 Å². The lowest BCUT2D eigenvalue weighted by Crippen LogP contribution is -2.46. The molecule has 2 aliphatic carbocycles. The quantitative estimate of drug-likeness (QED) is 0.630. The summed E-state index contributed by atoms with van der Waals surface area (Å²) in [6, 6.07) is 8.42. The minimum absolute atomic E-state index is 0.149. The summed E-state index contributed by atoms with van der Waals surface area (Å²) in [4.78, 5) is 12.6. The van der Waals surface area contributed by atoms with Crippen LogP contribution >= 0.6 is 0 Å². The third-order valence-electron chi connectivity index (χ3n) is 4.88. The van der Waals surface area contributed by atoms with Crippen molar-refractivity contribution in [1.82, 2.24) is 0 Å². The fourth-order valence-electron chi connectivity index (χ4n) is 3.81. The zero-order valence-electron chi connectivity index (χ0n) is 11.4. The van der Waals surface area contributed by atoms with Crippen molar-refractivity contribution in [3.05, 3.63) is 47.0 Å². The van der Waals surface area contributed by atoms with E-state index in [4.69, 9.17) is 0 Å². The Labute approximate surface area is 109 Å². The molecule has 1 heteroatoms. The SMILES string of the molecule is CC1(C)CCC(=O)C2(C)C1=CCc1ccccc12. The number of fused-ring (bicyclic) bond motifs is 3. The van der Waals surface area contributed by atoms with Gasteiger partial charge < -0.3 is 0 Å². The van der Waals surface area contributed by atoms with E-state index in [1.165, 1.54) is 16.7 Å². The molecule has 1 fully saturated rings. The normalized spacial score (nSPS) is 29.3. The molecule has 1 aromatic rings. The number of Topliss-reactive ketones (excluding diaryl/α,β-unsaturated/α-hetero) is 1. The predicted molar refractivity (Wildman–Crippen MR) is 73.6 cm³/mol. The van der Waals surface area contributed by atoms with Gasteiger partial charge in [-0.3, -0.25) is 4.79 Å². The Hall–Kier alpha value is -1.37. The van der Waals surface area contributed by atoms with Crippen molar-refractivity contribution in [3.8, 4) is 0 Å². The van der Waals surface area contributed by atoms with Crippen LogP contribution in [0.2, 0.25) is 0 Å². The Morgan fingerprint density at radius 3 is 2.61 bits per heavy atom. The number of hydrogen-bond acceptors (Lipinski definition) is 1. The van der Waals surface area contributed by atoms with Crippen LogP contribution in [-0.4, -0.2) is 5.78 Å². The Morgan fingerprint density at radius 2 is 1.83 bits per heavy atom. The number of benzene rings is 1. The van der Waals surface area contributed by atoms with Gasteiger partial charge in [0.15, 0.2) is 0 Å². The molecule has 2 aliphatic rings. The van der Waals surface area contributed by atoms with Crippen molar-refractivity contribution in [2.45, 2.75) is 45.4 Å². The van der Waals surface area contributed by atoms with E-state index in [1.54, 1.807) is 0 Å². The number of hydrogen-bond donors (Lipinski definition) is 0. The molecular weight excluding hydrogens is 220 g/mol. The Bertz CT molecular complexity index is 550. The molecule has 0 radical (unpaired) electrons. The smallest absolute Gasteiger partial charge is 0.147 e. The zero-order valence-corrected chi connectivity index (χ0v) is 11.4. The summed E-state index contributed by atoms with van der Waals surface area (Å²) in [5.74, 6) is 0.389. The average Bonchev–Trinajstić information content (AvgIpc) is 2.35. The Balaban J connectivity index is 2.25. The fourth-order valence-corrected chi connectivity index (χ4v) is 3.81. The van der Waals surface area contributed by atoms with Crippen molar-refractivity contribution in [1.29, 1.82) is 0 Å². The van der Waals surface area contributed by atoms with Gasteiger partial charge >= 0.3 is 0 Å². The maximum atomic E-state index is 12.6. The summed E-state index contributed by atoms with van der Waals surface area (Å²) >= 11 is 0. The lowest BCUT2D eigenvalue weighted by molar-refractivity contribution is -0.125. The lowest BCUT2D eigenvalue weighted by atomic mass is 9.55. The molecule has 1 atom stereocenters. The first-order valence-corrected chi connectivity index (χ1v) is 6.79. The fraction of sp³-hybridized carbons (Fsp3) is 0.471. The Kier molecular flexibility index (Phi) is 2.32. The topological polar surface area (TPSA) is 17.1 Å². The first-order valence-electron chi connectivity index (χ1n) is 6.79. The molecule has 1 aromatic carbocycles. The standard InChI is InChI=1S/C17H20O/c1-16(2)11-10-15(18)17(3)13-7-5-4-6-12(13)8-9-14(16)17/h4-7,9H,8,10-11H2,1-3H3. The van der Waals surface area contributed by atoms with Crippen LogP contribution in [0.15, 0.2) is 35.9 Å². The van der Waals surface area contributed by atoms with E-state index >= 15 is 0 Å². The second kappa shape index (κ2) is 3.57. The van der Waals surface area contributed by atoms with Gasteiger partial charge in [-0.15, -0.1) is 0 Å². The summed E-state index contributed by atoms with van der Waals surface area (Å²) in [7, 11) is 0. The maximum Gasteiger partial charge on any atom is 0.147 e. The van der Waals surface area contributed by atoms with E-state index in [2.05, 4.69) is 51.1 Å². The van der Waals surface area contributed by atoms with Crippen LogP contribution in [0.4, 0.5) is 0 Å². The van der Waals surface area contributed by atoms with E-state index in [9.17, 15) is 4.79 Å². The maximum absolute atomic E-state index is 12.6. The number of allylic oxidation sites excluding steroid dienone is 2. The van der Waals surface area contributed by atoms with E-state index in [0.717, 1.165) is 12.8 Å². The number of carbonyl (C=O) groups excluding carboxylic acids is 1. The van der Waals surface area contributed by atoms with Gasteiger partial charge in [-0.1, -0.05) is 49.8 Å². The van der Waals surface area contributed by atoms with Gasteiger partial charge in [-0.05, 0) is 36.3 Å². The van der Waals surface area contributed by atoms with Crippen LogP contribution in [-0.2, 0) is 16.6 Å². The molecular formula is C17H20O. The molecule has 0 heterocycles. The van der Waals surface area contributed by atoms with Gasteiger partial charge in [-0.25, -0.2) is 0 Å². The third-order valence-corrected chi connectivity index (χ3v) is 4.88. The molecule has 1 unspecified atom stereocenters. The van der Waals surface area contributed by atoms with Crippen molar-refractivity contribution < 1.29 is 4.79 Å². The van der Waals surface area contributed by atoms with Crippen molar-refractivity contribution in [2.75, 3.05) is 0 Å². The Morgan fingerprint density at radius 1 is 1.11 bits per heavy atom. The molecule has 1 nitrogen and oxygen atoms in total. The minimum Gasteiger partial charge on any atom is -0.298 e. The van der Waals surface area contributed by atoms with Crippen molar-refractivity contribution >= 4 is 5.78 Å². The van der Waals surface area contributed by atoms with Crippen LogP contribution in [0, 0.1) is 5.41 Å². The molecule has 0 N–H and O–H groups in total. The summed E-state index contributed by atoms with van der Waals surface area (Å²) < 4.78 is 0. The molecule has 0 aliphatic heterocycles. The first-order chi connectivity index (χ1) is 8.46. The highest BCUT2D eigenvalue weighted by Gasteiger charge is 2.49. The van der Waals surface area contributed by atoms with Gasteiger partial charge in [0.1, 0.15) is 5.78 Å². The van der Waals surface area contributed by atoms with Crippen LogP contribution in [0.25, 0.3) is 0 Å². The second-order valence-corrected chi connectivity index (χ2v) is 6.41. The lowest BCUT2D eigenvalue weighted by Gasteiger charge is -2.47. The van der Waals surface area contributed by atoms with Gasteiger partial charge in [0.2, 0.25) is 0 Å². The van der Waals surface area contributed by atoms with E-state index < -0.39 is 0 Å². The van der Waals surface area contributed by atoms with E-state index in [0.29, 0.717) is 12.2 Å². The van der Waals surface area contributed by atoms with Crippen LogP contribution < -0.4 is 0 Å². The molecule has 3 rings (SSSR count). The average molecular weight is 240 g/mol. The van der Waals surface area contributed by atoms with E-state index in [1.807, 2.05) is 0 Å². The van der Waals surface area contributed by atoms with Crippen LogP contribution in [0.1, 0.15) is 44.7 Å². The molecule has 1 saturated carbocycles. The minimum atomic E-state index is -0.378. The number of rotatable bonds is 0. The molecule has 0 spiro atoms. The van der Waals surface area contributed by atoms with Gasteiger partial charge in [0.25, 0.3) is 0 Å². The van der Waals surface area contributed by atoms with Crippen molar-refractivity contribution in [2.24, 2.45) is 5.41 Å². The summed E-state index contributed by atoms with van der Waals surface area (Å²) in [5.41, 5.74) is 3.66. The van der Waals surface area contributed by atoms with Gasteiger partial charge in [-0.2, -0.15) is 0 Å². The third kappa shape index (κ3) is 1.36. The number of ketones is 1. The first kappa shape index (κ1) is 11.7. The zero-order chi connectivity index (χ0) is 13.0. The van der Waals surface area contributed by atoms with Crippen molar-refractivity contribution in [3.63, 3.8) is 0 Å². The summed E-state index contributed by atoms with van der Waals surface area (Å²) in [6.45, 7) is 6.68. The van der Waals surface area contributed by atoms with Crippen LogP contribution in [0.3, 0.4) is 0 Å². The highest BCUT2D eigenvalue weighted by atomic mass is 16.1. The second-order valence-electron chi connectivity index (χ2n) is 6.41. The van der Waals surface area contributed by atoms with E-state index in [-0.39, 0.29) is 10.8 Å². The molecule has 0 amide bonds. The number of carbonyl (C=O) groups is 1. The van der Waals surface area contributed by atoms with Gasteiger partial charge in [0, 0.05) is 6.42 Å².